The third kappa shape index (κ3) is 4.87. The van der Waals surface area contributed by atoms with Gasteiger partial charge in [0.2, 0.25) is 0 Å². The highest BCUT2D eigenvalue weighted by atomic mass is 16.3. The van der Waals surface area contributed by atoms with Crippen LogP contribution in [0.5, 0.6) is 0 Å². The van der Waals surface area contributed by atoms with Gasteiger partial charge in [-0.05, 0) is 37.0 Å². The van der Waals surface area contributed by atoms with Crippen LogP contribution in [0.4, 0.5) is 0 Å². The van der Waals surface area contributed by atoms with Crippen molar-refractivity contribution in [2.45, 2.75) is 39.3 Å². The van der Waals surface area contributed by atoms with E-state index in [0.29, 0.717) is 18.0 Å². The number of aliphatic hydroxyl groups is 1. The van der Waals surface area contributed by atoms with Gasteiger partial charge in [0.1, 0.15) is 0 Å². The van der Waals surface area contributed by atoms with Gasteiger partial charge in [-0.15, -0.1) is 0 Å². The predicted molar refractivity (Wildman–Crippen MR) is 73.0 cm³/mol. The number of nitriles is 1. The number of hydrogen-bond acceptors (Lipinski definition) is 3. The molecule has 0 bridgehead atoms. The molecule has 3 heteroatoms. The summed E-state index contributed by atoms with van der Waals surface area (Å²) in [5.74, 6) is 0.506. The van der Waals surface area contributed by atoms with Crippen molar-refractivity contribution in [3.05, 3.63) is 35.4 Å². The Morgan fingerprint density at radius 3 is 2.33 bits per heavy atom. The minimum Gasteiger partial charge on any atom is -0.392 e. The smallest absolute Gasteiger partial charge is 0.0991 e. The summed E-state index contributed by atoms with van der Waals surface area (Å²) in [7, 11) is 0. The van der Waals surface area contributed by atoms with E-state index < -0.39 is 0 Å². The maximum atomic E-state index is 9.79. The van der Waals surface area contributed by atoms with Crippen molar-refractivity contribution in [3.8, 4) is 6.07 Å². The first-order valence-corrected chi connectivity index (χ1v) is 6.44. The van der Waals surface area contributed by atoms with Gasteiger partial charge in [-0.25, -0.2) is 0 Å². The third-order valence-corrected chi connectivity index (χ3v) is 2.94. The second kappa shape index (κ2) is 7.15. The van der Waals surface area contributed by atoms with E-state index in [0.717, 1.165) is 12.0 Å². The van der Waals surface area contributed by atoms with Crippen LogP contribution >= 0.6 is 0 Å². The summed E-state index contributed by atoms with van der Waals surface area (Å²) in [6, 6.07) is 9.82. The van der Waals surface area contributed by atoms with Gasteiger partial charge in [-0.2, -0.15) is 5.26 Å². The highest BCUT2D eigenvalue weighted by molar-refractivity contribution is 5.32. The zero-order valence-corrected chi connectivity index (χ0v) is 11.4. The molecule has 1 rings (SSSR count). The molecular weight excluding hydrogens is 224 g/mol. The summed E-state index contributed by atoms with van der Waals surface area (Å²) < 4.78 is 0. The topological polar surface area (TPSA) is 56.0 Å². The van der Waals surface area contributed by atoms with Crippen molar-refractivity contribution in [1.82, 2.24) is 5.32 Å². The number of benzene rings is 1. The Bertz CT molecular complexity index is 392. The lowest BCUT2D eigenvalue weighted by atomic mass is 10.0. The normalized spacial score (nSPS) is 14.2. The summed E-state index contributed by atoms with van der Waals surface area (Å²) in [4.78, 5) is 0. The van der Waals surface area contributed by atoms with E-state index in [1.807, 2.05) is 24.3 Å². The first-order valence-electron chi connectivity index (χ1n) is 6.44. The summed E-state index contributed by atoms with van der Waals surface area (Å²) in [6.07, 6.45) is 0.512. The van der Waals surface area contributed by atoms with Crippen LogP contribution in [0, 0.1) is 17.2 Å². The fraction of sp³-hybridized carbons (Fsp3) is 0.533. The van der Waals surface area contributed by atoms with Crippen molar-refractivity contribution in [2.75, 3.05) is 6.54 Å². The van der Waals surface area contributed by atoms with Gasteiger partial charge in [0.05, 0.1) is 17.7 Å². The minimum absolute atomic E-state index is 0.180. The van der Waals surface area contributed by atoms with E-state index in [9.17, 15) is 5.11 Å². The first-order chi connectivity index (χ1) is 8.52. The number of aliphatic hydroxyl groups excluding tert-OH is 1. The summed E-state index contributed by atoms with van der Waals surface area (Å²) in [6.45, 7) is 6.86. The lowest BCUT2D eigenvalue weighted by Crippen LogP contribution is -2.29. The van der Waals surface area contributed by atoms with E-state index in [2.05, 4.69) is 32.2 Å². The molecule has 3 nitrogen and oxygen atoms in total. The monoisotopic (exact) mass is 246 g/mol. The van der Waals surface area contributed by atoms with E-state index in [1.54, 1.807) is 0 Å². The Hall–Kier alpha value is -1.37. The Kier molecular flexibility index (Phi) is 5.84. The fourth-order valence-corrected chi connectivity index (χ4v) is 1.90. The van der Waals surface area contributed by atoms with Gasteiger partial charge >= 0.3 is 0 Å². The van der Waals surface area contributed by atoms with Crippen LogP contribution in [0.25, 0.3) is 0 Å². The molecule has 1 aromatic carbocycles. The molecule has 0 fully saturated rings. The molecule has 0 aliphatic rings. The van der Waals surface area contributed by atoms with Crippen molar-refractivity contribution in [3.63, 3.8) is 0 Å². The molecular formula is C15H22N2O. The van der Waals surface area contributed by atoms with E-state index >= 15 is 0 Å². The molecule has 2 unspecified atom stereocenters. The van der Waals surface area contributed by atoms with E-state index in [-0.39, 0.29) is 12.1 Å². The molecule has 0 aliphatic heterocycles. The standard InChI is InChI=1S/C15H22N2O/c1-11(2)8-15(18)10-17-12(3)14-6-4-13(9-16)5-7-14/h4-7,11-12,15,17-18H,8,10H2,1-3H3. The quantitative estimate of drug-likeness (QED) is 0.811. The average Bonchev–Trinajstić information content (AvgIpc) is 2.35. The van der Waals surface area contributed by atoms with Crippen molar-refractivity contribution in [2.24, 2.45) is 5.92 Å². The van der Waals surface area contributed by atoms with Crippen LogP contribution in [0.1, 0.15) is 44.4 Å². The maximum Gasteiger partial charge on any atom is 0.0991 e. The van der Waals surface area contributed by atoms with Gasteiger partial charge in [0.15, 0.2) is 0 Å². The van der Waals surface area contributed by atoms with E-state index in [1.165, 1.54) is 0 Å². The molecule has 98 valence electrons. The third-order valence-electron chi connectivity index (χ3n) is 2.94. The van der Waals surface area contributed by atoms with Crippen molar-refractivity contribution >= 4 is 0 Å². The largest absolute Gasteiger partial charge is 0.392 e. The van der Waals surface area contributed by atoms with Crippen LogP contribution in [0.3, 0.4) is 0 Å². The fourth-order valence-electron chi connectivity index (χ4n) is 1.90. The molecule has 18 heavy (non-hydrogen) atoms. The van der Waals surface area contributed by atoms with Crippen LogP contribution in [-0.2, 0) is 0 Å². The molecule has 0 heterocycles. The van der Waals surface area contributed by atoms with Gasteiger partial charge in [0.25, 0.3) is 0 Å². The molecule has 0 aromatic heterocycles. The number of hydrogen-bond donors (Lipinski definition) is 2. The maximum absolute atomic E-state index is 9.79. The lowest BCUT2D eigenvalue weighted by Gasteiger charge is -2.18. The van der Waals surface area contributed by atoms with Crippen LogP contribution < -0.4 is 5.32 Å². The average molecular weight is 246 g/mol. The van der Waals surface area contributed by atoms with Gasteiger partial charge in [-0.1, -0.05) is 26.0 Å². The number of nitrogens with zero attached hydrogens (tertiary/aromatic N) is 1. The SMILES string of the molecule is CC(C)CC(O)CNC(C)c1ccc(C#N)cc1. The van der Waals surface area contributed by atoms with Crippen molar-refractivity contribution < 1.29 is 5.11 Å². The van der Waals surface area contributed by atoms with Crippen molar-refractivity contribution in [1.29, 1.82) is 5.26 Å². The lowest BCUT2D eigenvalue weighted by molar-refractivity contribution is 0.143. The Morgan fingerprint density at radius 2 is 1.83 bits per heavy atom. The summed E-state index contributed by atoms with van der Waals surface area (Å²) in [5.41, 5.74) is 1.80. The molecule has 2 N–H and O–H groups in total. The Balaban J connectivity index is 2.45. The van der Waals surface area contributed by atoms with Gasteiger partial charge < -0.3 is 10.4 Å². The molecule has 0 radical (unpaired) electrons. The molecule has 2 atom stereocenters. The minimum atomic E-state index is -0.300. The highest BCUT2D eigenvalue weighted by Gasteiger charge is 2.10. The van der Waals surface area contributed by atoms with E-state index in [4.69, 9.17) is 5.26 Å². The predicted octanol–water partition coefficient (Wildman–Crippen LogP) is 2.62. The van der Waals surface area contributed by atoms with Gasteiger partial charge in [0, 0.05) is 12.6 Å². The zero-order chi connectivity index (χ0) is 13.5. The van der Waals surface area contributed by atoms with Crippen LogP contribution in [-0.4, -0.2) is 17.8 Å². The second-order valence-electron chi connectivity index (χ2n) is 5.15. The molecule has 1 aromatic rings. The van der Waals surface area contributed by atoms with Gasteiger partial charge in [-0.3, -0.25) is 0 Å². The number of rotatable bonds is 6. The van der Waals surface area contributed by atoms with Crippen LogP contribution in [0.15, 0.2) is 24.3 Å². The molecule has 0 amide bonds. The Morgan fingerprint density at radius 1 is 1.22 bits per heavy atom. The molecule has 0 saturated heterocycles. The molecule has 0 aliphatic carbocycles. The summed E-state index contributed by atoms with van der Waals surface area (Å²) in [5, 5.41) is 21.8. The zero-order valence-electron chi connectivity index (χ0n) is 11.4. The van der Waals surface area contributed by atoms with Crippen LogP contribution in [0.2, 0.25) is 0 Å². The summed E-state index contributed by atoms with van der Waals surface area (Å²) >= 11 is 0. The highest BCUT2D eigenvalue weighted by Crippen LogP contribution is 2.13. The number of nitrogens with one attached hydrogen (secondary N) is 1. The second-order valence-corrected chi connectivity index (χ2v) is 5.15. The Labute approximate surface area is 109 Å². The first kappa shape index (κ1) is 14.7. The molecule has 0 saturated carbocycles. The molecule has 0 spiro atoms.